The number of anilines is 2. The van der Waals surface area contributed by atoms with Crippen molar-refractivity contribution in [1.29, 1.82) is 0 Å². The van der Waals surface area contributed by atoms with Crippen molar-refractivity contribution in [2.45, 2.75) is 39.4 Å². The van der Waals surface area contributed by atoms with Gasteiger partial charge in [0.15, 0.2) is 5.82 Å². The van der Waals surface area contributed by atoms with Gasteiger partial charge in [-0.2, -0.15) is 18.3 Å². The molecule has 0 unspecified atom stereocenters. The quantitative estimate of drug-likeness (QED) is 0.333. The molecule has 0 saturated carbocycles. The highest BCUT2D eigenvalue weighted by Gasteiger charge is 2.31. The van der Waals surface area contributed by atoms with Gasteiger partial charge in [-0.15, -0.1) is 0 Å². The van der Waals surface area contributed by atoms with E-state index in [1.165, 1.54) is 23.5 Å². The van der Waals surface area contributed by atoms with Gasteiger partial charge in [-0.25, -0.2) is 20.0 Å². The summed E-state index contributed by atoms with van der Waals surface area (Å²) < 4.78 is 38.0. The summed E-state index contributed by atoms with van der Waals surface area (Å²) in [6, 6.07) is 1.15. The normalized spacial score (nSPS) is 12.1. The van der Waals surface area contributed by atoms with Crippen molar-refractivity contribution in [3.8, 4) is 11.8 Å². The molecule has 0 spiro atoms. The van der Waals surface area contributed by atoms with Crippen LogP contribution in [0, 0.1) is 11.8 Å². The van der Waals surface area contributed by atoms with Gasteiger partial charge in [0.1, 0.15) is 0 Å². The van der Waals surface area contributed by atoms with E-state index in [2.05, 4.69) is 37.2 Å². The van der Waals surface area contributed by atoms with E-state index in [4.69, 9.17) is 11.6 Å². The summed E-state index contributed by atoms with van der Waals surface area (Å²) in [5.41, 5.74) is -0.694. The summed E-state index contributed by atoms with van der Waals surface area (Å²) in [6.07, 6.45) is 0.415. The lowest BCUT2D eigenvalue weighted by atomic mass is 10.1. The van der Waals surface area contributed by atoms with Crippen LogP contribution in [-0.2, 0) is 6.18 Å². The molecule has 0 aliphatic rings. The van der Waals surface area contributed by atoms with Gasteiger partial charge in [0.25, 0.3) is 5.91 Å². The number of hydrogen-bond acceptors (Lipinski definition) is 7. The number of aromatic nitrogens is 3. The number of halogens is 4. The fraction of sp³-hybridized carbons (Fsp3) is 0.409. The molecule has 2 aromatic heterocycles. The molecule has 182 valence electrons. The second-order valence-corrected chi connectivity index (χ2v) is 7.52. The van der Waals surface area contributed by atoms with Gasteiger partial charge in [0, 0.05) is 51.2 Å². The van der Waals surface area contributed by atoms with E-state index in [-0.39, 0.29) is 35.0 Å². The van der Waals surface area contributed by atoms with Crippen molar-refractivity contribution in [2.75, 3.05) is 30.5 Å². The number of rotatable bonds is 8. The molecule has 0 radical (unpaired) electrons. The zero-order valence-electron chi connectivity index (χ0n) is 19.2. The minimum absolute atomic E-state index is 0.0238. The molecule has 2 heterocycles. The van der Waals surface area contributed by atoms with E-state index in [0.717, 1.165) is 0 Å². The second-order valence-electron chi connectivity index (χ2n) is 7.08. The second kappa shape index (κ2) is 12.2. The number of hydrogen-bond donors (Lipinski definition) is 1. The van der Waals surface area contributed by atoms with Crippen LogP contribution in [-0.4, -0.2) is 58.2 Å². The summed E-state index contributed by atoms with van der Waals surface area (Å²) in [4.78, 5) is 26.6. The van der Waals surface area contributed by atoms with Crippen LogP contribution < -0.4 is 10.3 Å². The highest BCUT2D eigenvalue weighted by molar-refractivity contribution is 6.31. The molecule has 2 rings (SSSR count). The van der Waals surface area contributed by atoms with E-state index in [9.17, 15) is 18.0 Å². The number of amides is 1. The number of carbonyl (C=O) groups is 1. The standard InChI is InChI=1S/C22H25ClF3N7O/c1-5-7-8-9-31-32(4)19-18(10-17(23)14-27-19)20(34)33(6-2)15(3)11-28-21-29-12-16(13-30-21)22(24,25)26/h9-10,12-15H,5-6,11H2,1-4H3,(H,28,29,30)/b31-9-/t15-/m0/s1. The molecule has 0 aliphatic carbocycles. The highest BCUT2D eigenvalue weighted by atomic mass is 35.5. The largest absolute Gasteiger partial charge is 0.419 e. The maximum atomic E-state index is 13.4. The monoisotopic (exact) mass is 495 g/mol. The van der Waals surface area contributed by atoms with Crippen molar-refractivity contribution < 1.29 is 18.0 Å². The molecule has 0 bridgehead atoms. The lowest BCUT2D eigenvalue weighted by Gasteiger charge is -2.29. The van der Waals surface area contributed by atoms with E-state index in [1.54, 1.807) is 18.9 Å². The fourth-order valence-corrected chi connectivity index (χ4v) is 3.05. The summed E-state index contributed by atoms with van der Waals surface area (Å²) in [6.45, 7) is 6.08. The van der Waals surface area contributed by atoms with E-state index >= 15 is 0 Å². The Morgan fingerprint density at radius 1 is 1.26 bits per heavy atom. The predicted molar refractivity (Wildman–Crippen MR) is 126 cm³/mol. The number of hydrazone groups is 1. The van der Waals surface area contributed by atoms with Crippen LogP contribution in [0.5, 0.6) is 0 Å². The smallest absolute Gasteiger partial charge is 0.352 e. The Labute approximate surface area is 201 Å². The first kappa shape index (κ1) is 26.9. The summed E-state index contributed by atoms with van der Waals surface area (Å²) >= 11 is 6.10. The average molecular weight is 496 g/mol. The molecule has 12 heteroatoms. The van der Waals surface area contributed by atoms with Gasteiger partial charge < -0.3 is 10.2 Å². The minimum atomic E-state index is -4.51. The number of nitrogens with one attached hydrogen (secondary N) is 1. The number of carbonyl (C=O) groups excluding carboxylic acids is 1. The number of alkyl halides is 3. The molecule has 0 aliphatic heterocycles. The number of likely N-dealkylation sites (N-methyl/N-ethyl adjacent to an activating group) is 1. The first-order valence-electron chi connectivity index (χ1n) is 10.4. The lowest BCUT2D eigenvalue weighted by molar-refractivity contribution is -0.138. The van der Waals surface area contributed by atoms with Crippen molar-refractivity contribution in [2.24, 2.45) is 5.10 Å². The van der Waals surface area contributed by atoms with Crippen LogP contribution in [0.4, 0.5) is 24.9 Å². The Morgan fingerprint density at radius 2 is 1.94 bits per heavy atom. The molecule has 1 atom stereocenters. The van der Waals surface area contributed by atoms with Gasteiger partial charge in [0.2, 0.25) is 5.95 Å². The van der Waals surface area contributed by atoms with E-state index in [0.29, 0.717) is 31.2 Å². The third-order valence-corrected chi connectivity index (χ3v) is 4.82. The Bertz CT molecular complexity index is 1060. The van der Waals surface area contributed by atoms with Crippen molar-refractivity contribution >= 4 is 35.5 Å². The van der Waals surface area contributed by atoms with Crippen LogP contribution in [0.25, 0.3) is 0 Å². The van der Waals surface area contributed by atoms with Crippen LogP contribution in [0.2, 0.25) is 5.02 Å². The van der Waals surface area contributed by atoms with Crippen LogP contribution in [0.1, 0.15) is 43.1 Å². The van der Waals surface area contributed by atoms with E-state index < -0.39 is 11.7 Å². The fourth-order valence-electron chi connectivity index (χ4n) is 2.89. The lowest BCUT2D eigenvalue weighted by Crippen LogP contribution is -2.42. The zero-order chi connectivity index (χ0) is 25.3. The maximum Gasteiger partial charge on any atom is 0.419 e. The molecule has 2 aromatic rings. The molecule has 34 heavy (non-hydrogen) atoms. The molecule has 1 N–H and O–H groups in total. The van der Waals surface area contributed by atoms with Gasteiger partial charge in [0.05, 0.1) is 22.4 Å². The zero-order valence-corrected chi connectivity index (χ0v) is 19.9. The van der Waals surface area contributed by atoms with Crippen molar-refractivity contribution in [3.63, 3.8) is 0 Å². The van der Waals surface area contributed by atoms with Gasteiger partial charge in [-0.3, -0.25) is 4.79 Å². The Balaban J connectivity index is 2.17. The average Bonchev–Trinajstić information content (AvgIpc) is 2.80. The van der Waals surface area contributed by atoms with Gasteiger partial charge in [-0.1, -0.05) is 30.4 Å². The van der Waals surface area contributed by atoms with Crippen molar-refractivity contribution in [1.82, 2.24) is 19.9 Å². The van der Waals surface area contributed by atoms with Gasteiger partial charge in [-0.05, 0) is 19.9 Å². The van der Waals surface area contributed by atoms with Crippen molar-refractivity contribution in [3.05, 3.63) is 40.8 Å². The minimum Gasteiger partial charge on any atom is -0.352 e. The SMILES string of the molecule is CCC#C/C=N\N(C)c1ncc(Cl)cc1C(=O)N(CC)[C@@H](C)CNc1ncc(C(F)(F)F)cn1. The Hall–Kier alpha value is -3.39. The van der Waals surface area contributed by atoms with Crippen LogP contribution in [0.3, 0.4) is 0 Å². The first-order chi connectivity index (χ1) is 16.1. The third-order valence-electron chi connectivity index (χ3n) is 4.61. The highest BCUT2D eigenvalue weighted by Crippen LogP contribution is 2.28. The molecule has 8 nitrogen and oxygen atoms in total. The maximum absolute atomic E-state index is 13.4. The number of pyridine rings is 1. The molecular weight excluding hydrogens is 471 g/mol. The summed E-state index contributed by atoms with van der Waals surface area (Å²) in [7, 11) is 1.64. The Kier molecular flexibility index (Phi) is 9.62. The van der Waals surface area contributed by atoms with Gasteiger partial charge >= 0.3 is 6.18 Å². The Morgan fingerprint density at radius 3 is 2.53 bits per heavy atom. The summed E-state index contributed by atoms with van der Waals surface area (Å²) in [5.74, 6) is 5.63. The molecule has 0 saturated heterocycles. The van der Waals surface area contributed by atoms with Crippen LogP contribution >= 0.6 is 11.6 Å². The molecular formula is C22H25ClF3N7O. The van der Waals surface area contributed by atoms with E-state index in [1.807, 2.05) is 13.8 Å². The summed E-state index contributed by atoms with van der Waals surface area (Å²) in [5, 5.41) is 8.76. The number of nitrogens with zero attached hydrogens (tertiary/aromatic N) is 6. The predicted octanol–water partition coefficient (Wildman–Crippen LogP) is 4.34. The molecule has 1 amide bonds. The molecule has 0 fully saturated rings. The van der Waals surface area contributed by atoms with Crippen LogP contribution in [0.15, 0.2) is 29.8 Å². The third kappa shape index (κ3) is 7.31. The first-order valence-corrected chi connectivity index (χ1v) is 10.8. The molecule has 0 aromatic carbocycles. The topological polar surface area (TPSA) is 86.6 Å².